The Morgan fingerprint density at radius 3 is 2.71 bits per heavy atom. The summed E-state index contributed by atoms with van der Waals surface area (Å²) in [6, 6.07) is 5.01. The molecule has 4 N–H and O–H groups in total. The van der Waals surface area contributed by atoms with Crippen LogP contribution < -0.4 is 14.8 Å². The summed E-state index contributed by atoms with van der Waals surface area (Å²) in [5, 5.41) is 26.5. The number of fused-ring (bicyclic) bond motifs is 1. The number of allylic oxidation sites excluding steroid dienone is 5. The number of aliphatic hydroxyl groups excluding tert-OH is 1. The van der Waals surface area contributed by atoms with Crippen LogP contribution in [0.1, 0.15) is 82.5 Å². The number of nitrogens with zero attached hydrogens (tertiary/aromatic N) is 1. The minimum Gasteiger partial charge on any atom is -0.490 e. The molecule has 0 radical (unpaired) electrons. The van der Waals surface area contributed by atoms with E-state index in [1.807, 2.05) is 39.0 Å². The predicted octanol–water partition coefficient (Wildman–Crippen LogP) is 6.81. The molecule has 2 aliphatic carbocycles. The normalized spacial score (nSPS) is 27.1. The Morgan fingerprint density at radius 2 is 2.09 bits per heavy atom. The summed E-state index contributed by atoms with van der Waals surface area (Å²) in [6.45, 7) is 12.0. The Labute approximate surface area is 273 Å². The third-order valence-electron chi connectivity index (χ3n) is 10.1. The lowest BCUT2D eigenvalue weighted by molar-refractivity contribution is 0.0452. The molecule has 8 nitrogen and oxygen atoms in total. The zero-order valence-corrected chi connectivity index (χ0v) is 28.3. The number of nitrogens with two attached hydrogens (primary N) is 1. The van der Waals surface area contributed by atoms with Gasteiger partial charge in [0.15, 0.2) is 0 Å². The van der Waals surface area contributed by atoms with Crippen molar-refractivity contribution in [2.24, 2.45) is 28.3 Å². The minimum absolute atomic E-state index is 0.0333. The van der Waals surface area contributed by atoms with Crippen molar-refractivity contribution < 1.29 is 28.2 Å². The molecule has 45 heavy (non-hydrogen) atoms. The van der Waals surface area contributed by atoms with Gasteiger partial charge in [0.25, 0.3) is 0 Å². The van der Waals surface area contributed by atoms with Gasteiger partial charge >= 0.3 is 5.97 Å². The molecule has 1 aromatic rings. The molecule has 0 amide bonds. The zero-order valence-electron chi connectivity index (χ0n) is 26.8. The Balaban J connectivity index is 1.55. The predicted molar refractivity (Wildman–Crippen MR) is 181 cm³/mol. The number of rotatable bonds is 12. The van der Waals surface area contributed by atoms with Crippen LogP contribution in [-0.2, 0) is 10.0 Å². The van der Waals surface area contributed by atoms with E-state index in [2.05, 4.69) is 11.5 Å². The summed E-state index contributed by atoms with van der Waals surface area (Å²) < 4.78 is 30.6. The number of aliphatic hydroxyl groups is 1. The van der Waals surface area contributed by atoms with E-state index >= 15 is 0 Å². The maximum atomic E-state index is 12.1. The van der Waals surface area contributed by atoms with E-state index in [1.165, 1.54) is 0 Å². The summed E-state index contributed by atoms with van der Waals surface area (Å²) in [7, 11) is -3.64. The van der Waals surface area contributed by atoms with Gasteiger partial charge in [-0.05, 0) is 105 Å². The molecule has 0 aromatic heterocycles. The second-order valence-corrected chi connectivity index (χ2v) is 15.4. The molecule has 2 saturated carbocycles. The average molecular weight is 661 g/mol. The number of sulfonamides is 1. The maximum Gasteiger partial charge on any atom is 0.335 e. The zero-order chi connectivity index (χ0) is 32.9. The number of carbonyl (C=O) groups is 1. The number of benzene rings is 1. The quantitative estimate of drug-likeness (QED) is 0.210. The van der Waals surface area contributed by atoms with Gasteiger partial charge in [-0.2, -0.15) is 0 Å². The van der Waals surface area contributed by atoms with Gasteiger partial charge in [-0.25, -0.2) is 18.4 Å². The Morgan fingerprint density at radius 1 is 1.33 bits per heavy atom. The van der Waals surface area contributed by atoms with E-state index in [4.69, 9.17) is 21.5 Å². The molecular weight excluding hydrogens is 612 g/mol. The summed E-state index contributed by atoms with van der Waals surface area (Å²) >= 11 is 6.40. The Bertz CT molecular complexity index is 1450. The molecule has 10 heteroatoms. The summed E-state index contributed by atoms with van der Waals surface area (Å²) in [5.41, 5.74) is 2.70. The second-order valence-electron chi connectivity index (χ2n) is 13.2. The molecule has 0 saturated heterocycles. The fourth-order valence-corrected chi connectivity index (χ4v) is 8.69. The number of halogens is 1. The number of primary sulfonamides is 1. The van der Waals surface area contributed by atoms with Gasteiger partial charge in [0.05, 0.1) is 29.2 Å². The van der Waals surface area contributed by atoms with Gasteiger partial charge in [0, 0.05) is 23.5 Å². The molecule has 2 fully saturated rings. The van der Waals surface area contributed by atoms with Crippen LogP contribution in [0.25, 0.3) is 0 Å². The lowest BCUT2D eigenvalue weighted by Crippen LogP contribution is -2.48. The summed E-state index contributed by atoms with van der Waals surface area (Å²) in [6.07, 6.45) is 13.2. The number of anilines is 1. The largest absolute Gasteiger partial charge is 0.490 e. The molecule has 1 aliphatic heterocycles. The Hall–Kier alpha value is -2.59. The highest BCUT2D eigenvalue weighted by molar-refractivity contribution is 7.89. The lowest BCUT2D eigenvalue weighted by atomic mass is 9.67. The van der Waals surface area contributed by atoms with Crippen LogP contribution in [0.15, 0.2) is 65.3 Å². The van der Waals surface area contributed by atoms with Crippen molar-refractivity contribution in [2.45, 2.75) is 83.5 Å². The number of carboxylic acids is 1. The van der Waals surface area contributed by atoms with Crippen molar-refractivity contribution in [3.8, 4) is 5.75 Å². The molecule has 4 rings (SSSR count). The van der Waals surface area contributed by atoms with Crippen LogP contribution in [0, 0.1) is 23.2 Å². The smallest absolute Gasteiger partial charge is 0.335 e. The third-order valence-corrected chi connectivity index (χ3v) is 12.0. The topological polar surface area (TPSA) is 130 Å². The van der Waals surface area contributed by atoms with Gasteiger partial charge in [-0.3, -0.25) is 0 Å². The van der Waals surface area contributed by atoms with Gasteiger partial charge in [0.1, 0.15) is 5.75 Å². The molecule has 1 aromatic carbocycles. The van der Waals surface area contributed by atoms with Gasteiger partial charge in [0.2, 0.25) is 10.0 Å². The summed E-state index contributed by atoms with van der Waals surface area (Å²) in [4.78, 5) is 14.2. The van der Waals surface area contributed by atoms with E-state index in [9.17, 15) is 23.4 Å². The lowest BCUT2D eigenvalue weighted by Gasteiger charge is -2.46. The van der Waals surface area contributed by atoms with Crippen LogP contribution in [-0.4, -0.2) is 55.7 Å². The first-order valence-electron chi connectivity index (χ1n) is 16.1. The fourth-order valence-electron chi connectivity index (χ4n) is 7.24. The number of ether oxygens (including phenoxy) is 1. The van der Waals surface area contributed by atoms with Crippen molar-refractivity contribution in [1.82, 2.24) is 0 Å². The van der Waals surface area contributed by atoms with E-state index in [0.717, 1.165) is 55.4 Å². The van der Waals surface area contributed by atoms with Crippen LogP contribution in [0.2, 0.25) is 0 Å². The number of hydrogen-bond acceptors (Lipinski definition) is 6. The fraction of sp³-hybridized carbons (Fsp3) is 0.571. The van der Waals surface area contributed by atoms with E-state index in [0.29, 0.717) is 43.3 Å². The standard InChI is InChI=1S/C35H49ClN2O6S/c1-5-9-33(45(37,42)43)23(3)10-7-12-31(39)29-15-13-27(29)20-38-21-35(17-8-11-25(24(35)4)18-28(36)6-2)22-44-32-16-14-26(34(40)41)19-30(32)38/h6-7,12,14,16,18-19,23,27,29,31,33,39H,4-5,8-11,13,15,17,20-22H2,1-3H3,(H,40,41)(H2,37,42,43)/b12-7+,25-18-,28-6+/t23-,27+,29-,31+,33-,35+/m1/s1. The van der Waals surface area contributed by atoms with E-state index in [1.54, 1.807) is 24.3 Å². The first-order chi connectivity index (χ1) is 21.3. The molecule has 248 valence electrons. The van der Waals surface area contributed by atoms with E-state index in [-0.39, 0.29) is 28.7 Å². The maximum absolute atomic E-state index is 12.1. The van der Waals surface area contributed by atoms with Crippen LogP contribution >= 0.6 is 11.6 Å². The first kappa shape index (κ1) is 35.3. The van der Waals surface area contributed by atoms with E-state index < -0.39 is 27.3 Å². The minimum atomic E-state index is -3.64. The molecule has 1 spiro atoms. The van der Waals surface area contributed by atoms with Gasteiger partial charge in [-0.1, -0.05) is 56.7 Å². The number of carboxylic acid groups (broad SMARTS) is 1. The highest BCUT2D eigenvalue weighted by Crippen LogP contribution is 2.49. The van der Waals surface area contributed by atoms with Crippen molar-refractivity contribution in [2.75, 3.05) is 24.6 Å². The highest BCUT2D eigenvalue weighted by Gasteiger charge is 2.44. The SMILES string of the molecule is C=C1/C(=C\C(Cl)=C/C)CCC[C@]12COc1ccc(C(=O)O)cc1N(C[C@@H]1CC[C@H]1[C@@H](O)/C=C/C[C@@H](C)[C@@H](CCC)S(N)(=O)=O)C2. The molecule has 0 bridgehead atoms. The summed E-state index contributed by atoms with van der Waals surface area (Å²) in [5.74, 6) is -0.288. The van der Waals surface area contributed by atoms with Crippen LogP contribution in [0.5, 0.6) is 5.75 Å². The average Bonchev–Trinajstić information content (AvgIpc) is 3.12. The molecule has 0 unspecified atom stereocenters. The van der Waals surface area contributed by atoms with Crippen molar-refractivity contribution in [3.05, 3.63) is 70.8 Å². The van der Waals surface area contributed by atoms with Crippen LogP contribution in [0.4, 0.5) is 5.69 Å². The molecule has 3 aliphatic rings. The molecular formula is C35H49ClN2O6S. The van der Waals surface area contributed by atoms with Crippen LogP contribution in [0.3, 0.4) is 0 Å². The molecule has 1 heterocycles. The monoisotopic (exact) mass is 660 g/mol. The van der Waals surface area contributed by atoms with Crippen molar-refractivity contribution in [3.63, 3.8) is 0 Å². The van der Waals surface area contributed by atoms with Gasteiger partial charge < -0.3 is 19.8 Å². The molecule has 6 atom stereocenters. The third kappa shape index (κ3) is 8.23. The second kappa shape index (κ2) is 14.9. The van der Waals surface area contributed by atoms with Gasteiger partial charge in [-0.15, -0.1) is 0 Å². The Kier molecular flexibility index (Phi) is 11.7. The van der Waals surface area contributed by atoms with Crippen molar-refractivity contribution >= 4 is 33.3 Å². The van der Waals surface area contributed by atoms with Crippen molar-refractivity contribution in [1.29, 1.82) is 0 Å². The first-order valence-corrected chi connectivity index (χ1v) is 18.1. The highest BCUT2D eigenvalue weighted by atomic mass is 35.5. The number of aromatic carboxylic acids is 1. The number of hydrogen-bond donors (Lipinski definition) is 3.